The summed E-state index contributed by atoms with van der Waals surface area (Å²) in [6.45, 7) is 0.384. The molecule has 1 amide bonds. The first-order valence-corrected chi connectivity index (χ1v) is 6.96. The highest BCUT2D eigenvalue weighted by atomic mass is 35.5. The largest absolute Gasteiger partial charge is 0.426 e. The Balaban J connectivity index is 2.24. The molecule has 0 spiro atoms. The molecule has 0 unspecified atom stereocenters. The second kappa shape index (κ2) is 6.22. The molecular formula is C16H13ClF3NO2. The van der Waals surface area contributed by atoms with E-state index in [9.17, 15) is 23.1 Å². The number of hydrogen-bond donors (Lipinski definition) is 2. The summed E-state index contributed by atoms with van der Waals surface area (Å²) in [4.78, 5) is 11.6. The molecule has 0 saturated heterocycles. The number of amides is 1. The van der Waals surface area contributed by atoms with Crippen LogP contribution in [0.1, 0.15) is 6.92 Å². The first kappa shape index (κ1) is 17.3. The summed E-state index contributed by atoms with van der Waals surface area (Å²) in [5, 5.41) is 11.4. The smallest absolute Gasteiger partial charge is 0.373 e. The third-order valence-corrected chi connectivity index (χ3v) is 3.63. The summed E-state index contributed by atoms with van der Waals surface area (Å²) < 4.78 is 37.9. The van der Waals surface area contributed by atoms with Crippen LogP contribution >= 0.6 is 11.6 Å². The SMILES string of the molecule is C[C@@](O)(C(=O)Nc1ccc(-c2ccccc2)cc1Cl)C(F)(F)F. The first-order chi connectivity index (χ1) is 10.6. The maximum atomic E-state index is 12.6. The number of carbonyl (C=O) groups is 1. The molecule has 23 heavy (non-hydrogen) atoms. The van der Waals surface area contributed by atoms with Gasteiger partial charge in [0, 0.05) is 0 Å². The van der Waals surface area contributed by atoms with Gasteiger partial charge in [0.1, 0.15) is 0 Å². The summed E-state index contributed by atoms with van der Waals surface area (Å²) in [7, 11) is 0. The van der Waals surface area contributed by atoms with E-state index in [1.54, 1.807) is 6.07 Å². The van der Waals surface area contributed by atoms with Gasteiger partial charge in [0.25, 0.3) is 5.91 Å². The second-order valence-electron chi connectivity index (χ2n) is 5.08. The van der Waals surface area contributed by atoms with Gasteiger partial charge in [-0.25, -0.2) is 0 Å². The number of anilines is 1. The molecule has 0 aliphatic heterocycles. The average molecular weight is 344 g/mol. The van der Waals surface area contributed by atoms with Crippen molar-refractivity contribution in [2.24, 2.45) is 0 Å². The lowest BCUT2D eigenvalue weighted by Gasteiger charge is -2.25. The number of aliphatic hydroxyl groups is 1. The molecule has 2 N–H and O–H groups in total. The van der Waals surface area contributed by atoms with Crippen molar-refractivity contribution in [3.63, 3.8) is 0 Å². The van der Waals surface area contributed by atoms with Crippen LogP contribution in [-0.2, 0) is 4.79 Å². The fraction of sp³-hybridized carbons (Fsp3) is 0.188. The van der Waals surface area contributed by atoms with Crippen molar-refractivity contribution < 1.29 is 23.1 Å². The zero-order valence-electron chi connectivity index (χ0n) is 12.0. The third-order valence-electron chi connectivity index (χ3n) is 3.32. The summed E-state index contributed by atoms with van der Waals surface area (Å²) in [5.74, 6) is -1.60. The Morgan fingerprint density at radius 1 is 1.09 bits per heavy atom. The Bertz CT molecular complexity index is 715. The maximum absolute atomic E-state index is 12.6. The monoisotopic (exact) mass is 343 g/mol. The van der Waals surface area contributed by atoms with Crippen molar-refractivity contribution >= 4 is 23.2 Å². The molecule has 2 rings (SSSR count). The molecular weight excluding hydrogens is 331 g/mol. The molecule has 0 aromatic heterocycles. The summed E-state index contributed by atoms with van der Waals surface area (Å²) >= 11 is 6.01. The van der Waals surface area contributed by atoms with Gasteiger partial charge in [0.05, 0.1) is 10.7 Å². The Morgan fingerprint density at radius 3 is 2.22 bits per heavy atom. The van der Waals surface area contributed by atoms with Gasteiger partial charge in [-0.3, -0.25) is 4.79 Å². The number of nitrogens with one attached hydrogen (secondary N) is 1. The molecule has 2 aromatic rings. The van der Waals surface area contributed by atoms with E-state index in [-0.39, 0.29) is 10.7 Å². The zero-order valence-corrected chi connectivity index (χ0v) is 12.7. The highest BCUT2D eigenvalue weighted by Gasteiger charge is 2.55. The lowest BCUT2D eigenvalue weighted by atomic mass is 10.0. The van der Waals surface area contributed by atoms with Gasteiger partial charge in [-0.1, -0.05) is 48.0 Å². The van der Waals surface area contributed by atoms with Gasteiger partial charge in [-0.05, 0) is 30.2 Å². The molecule has 0 radical (unpaired) electrons. The molecule has 7 heteroatoms. The van der Waals surface area contributed by atoms with Gasteiger partial charge in [-0.2, -0.15) is 13.2 Å². The lowest BCUT2D eigenvalue weighted by Crippen LogP contribution is -2.52. The molecule has 0 fully saturated rings. The minimum atomic E-state index is -5.09. The van der Waals surface area contributed by atoms with Gasteiger partial charge < -0.3 is 10.4 Å². The van der Waals surface area contributed by atoms with E-state index in [0.717, 1.165) is 11.1 Å². The second-order valence-corrected chi connectivity index (χ2v) is 5.49. The predicted octanol–water partition coefficient (Wildman–Crippen LogP) is 4.26. The molecule has 2 aromatic carbocycles. The summed E-state index contributed by atoms with van der Waals surface area (Å²) in [5.41, 5.74) is -1.90. The van der Waals surface area contributed by atoms with Crippen LogP contribution < -0.4 is 5.32 Å². The van der Waals surface area contributed by atoms with Gasteiger partial charge in [-0.15, -0.1) is 0 Å². The molecule has 0 heterocycles. The van der Waals surface area contributed by atoms with Crippen LogP contribution in [-0.4, -0.2) is 22.8 Å². The average Bonchev–Trinajstić information content (AvgIpc) is 2.49. The van der Waals surface area contributed by atoms with E-state index in [4.69, 9.17) is 11.6 Å². The lowest BCUT2D eigenvalue weighted by molar-refractivity contribution is -0.242. The van der Waals surface area contributed by atoms with E-state index in [0.29, 0.717) is 6.92 Å². The van der Waals surface area contributed by atoms with E-state index in [2.05, 4.69) is 0 Å². The number of rotatable bonds is 3. The van der Waals surface area contributed by atoms with Crippen molar-refractivity contribution in [1.82, 2.24) is 0 Å². The first-order valence-electron chi connectivity index (χ1n) is 6.58. The van der Waals surface area contributed by atoms with Crippen LogP contribution in [0.5, 0.6) is 0 Å². The topological polar surface area (TPSA) is 49.3 Å². The fourth-order valence-electron chi connectivity index (χ4n) is 1.80. The minimum Gasteiger partial charge on any atom is -0.373 e. The van der Waals surface area contributed by atoms with Crippen LogP contribution in [0.15, 0.2) is 48.5 Å². The van der Waals surface area contributed by atoms with Crippen LogP contribution in [0.25, 0.3) is 11.1 Å². The molecule has 1 atom stereocenters. The van der Waals surface area contributed by atoms with E-state index in [1.165, 1.54) is 12.1 Å². The van der Waals surface area contributed by atoms with Gasteiger partial charge >= 0.3 is 6.18 Å². The Labute approximate surface area is 135 Å². The van der Waals surface area contributed by atoms with E-state index < -0.39 is 17.7 Å². The number of halogens is 4. The van der Waals surface area contributed by atoms with Crippen LogP contribution in [0, 0.1) is 0 Å². The number of benzene rings is 2. The van der Waals surface area contributed by atoms with Crippen molar-refractivity contribution in [3.8, 4) is 11.1 Å². The van der Waals surface area contributed by atoms with Gasteiger partial charge in [0.2, 0.25) is 5.60 Å². The van der Waals surface area contributed by atoms with Crippen molar-refractivity contribution in [2.75, 3.05) is 5.32 Å². The normalized spacial score (nSPS) is 14.2. The molecule has 0 saturated carbocycles. The molecule has 0 aliphatic rings. The highest BCUT2D eigenvalue weighted by Crippen LogP contribution is 2.33. The Kier molecular flexibility index (Phi) is 4.68. The van der Waals surface area contributed by atoms with E-state index in [1.807, 2.05) is 35.6 Å². The summed E-state index contributed by atoms with van der Waals surface area (Å²) in [6, 6.07) is 13.7. The quantitative estimate of drug-likeness (QED) is 0.875. The number of hydrogen-bond acceptors (Lipinski definition) is 2. The minimum absolute atomic E-state index is 0.0131. The van der Waals surface area contributed by atoms with Crippen molar-refractivity contribution in [2.45, 2.75) is 18.7 Å². The predicted molar refractivity (Wildman–Crippen MR) is 82.2 cm³/mol. The molecule has 0 bridgehead atoms. The highest BCUT2D eigenvalue weighted by molar-refractivity contribution is 6.34. The third kappa shape index (κ3) is 3.65. The van der Waals surface area contributed by atoms with Crippen LogP contribution in [0.4, 0.5) is 18.9 Å². The summed E-state index contributed by atoms with van der Waals surface area (Å²) in [6.07, 6.45) is -5.09. The number of carbonyl (C=O) groups excluding carboxylic acids is 1. The Morgan fingerprint density at radius 2 is 1.70 bits per heavy atom. The zero-order chi connectivity index (χ0) is 17.3. The number of alkyl halides is 3. The Hall–Kier alpha value is -2.05. The van der Waals surface area contributed by atoms with Crippen LogP contribution in [0.3, 0.4) is 0 Å². The maximum Gasteiger partial charge on any atom is 0.426 e. The molecule has 3 nitrogen and oxygen atoms in total. The molecule has 0 aliphatic carbocycles. The van der Waals surface area contributed by atoms with Gasteiger partial charge in [0.15, 0.2) is 0 Å². The molecule has 122 valence electrons. The van der Waals surface area contributed by atoms with Crippen LogP contribution in [0.2, 0.25) is 5.02 Å². The van der Waals surface area contributed by atoms with E-state index >= 15 is 0 Å². The fourth-order valence-corrected chi connectivity index (χ4v) is 2.03. The standard InChI is InChI=1S/C16H13ClF3NO2/c1-15(23,16(18,19)20)14(22)21-13-8-7-11(9-12(13)17)10-5-3-2-4-6-10/h2-9,23H,1H3,(H,21,22)/t15-/m1/s1. The van der Waals surface area contributed by atoms with Crippen molar-refractivity contribution in [1.29, 1.82) is 0 Å². The van der Waals surface area contributed by atoms with Crippen molar-refractivity contribution in [3.05, 3.63) is 53.6 Å².